The molecule has 2 amide bonds. The highest BCUT2D eigenvalue weighted by Crippen LogP contribution is 2.18. The van der Waals surface area contributed by atoms with Crippen LogP contribution in [0.3, 0.4) is 0 Å². The number of furan rings is 1. The van der Waals surface area contributed by atoms with Crippen LogP contribution in [0.25, 0.3) is 17.0 Å². The first-order valence-corrected chi connectivity index (χ1v) is 10.5. The molecule has 6 heteroatoms. The summed E-state index contributed by atoms with van der Waals surface area (Å²) in [6.07, 6.45) is 5.66. The molecule has 0 spiro atoms. The van der Waals surface area contributed by atoms with E-state index in [1.165, 1.54) is 12.3 Å². The summed E-state index contributed by atoms with van der Waals surface area (Å²) in [4.78, 5) is 28.9. The minimum Gasteiger partial charge on any atom is -0.465 e. The van der Waals surface area contributed by atoms with Crippen LogP contribution in [0.15, 0.2) is 77.2 Å². The Labute approximate surface area is 186 Å². The first-order valence-electron chi connectivity index (χ1n) is 10.5. The minimum atomic E-state index is -0.376. The summed E-state index contributed by atoms with van der Waals surface area (Å²) in [5, 5.41) is 6.77. The molecule has 0 aliphatic heterocycles. The lowest BCUT2D eigenvalue weighted by Gasteiger charge is -2.11. The van der Waals surface area contributed by atoms with Crippen molar-refractivity contribution >= 4 is 28.8 Å². The van der Waals surface area contributed by atoms with E-state index in [2.05, 4.69) is 21.7 Å². The molecule has 0 saturated carbocycles. The predicted molar refractivity (Wildman–Crippen MR) is 125 cm³/mol. The van der Waals surface area contributed by atoms with E-state index in [1.807, 2.05) is 50.4 Å². The molecule has 0 atom stereocenters. The molecule has 0 aliphatic rings. The Kier molecular flexibility index (Phi) is 6.22. The Hall–Kier alpha value is -4.06. The number of nitrogens with one attached hydrogen (secondary N) is 3. The van der Waals surface area contributed by atoms with Gasteiger partial charge in [-0.1, -0.05) is 24.3 Å². The van der Waals surface area contributed by atoms with Gasteiger partial charge in [0.1, 0.15) is 11.5 Å². The second-order valence-electron chi connectivity index (χ2n) is 7.69. The topological polar surface area (TPSA) is 87.1 Å². The van der Waals surface area contributed by atoms with E-state index < -0.39 is 0 Å². The highest BCUT2D eigenvalue weighted by Gasteiger charge is 2.16. The zero-order valence-electron chi connectivity index (χ0n) is 18.1. The maximum Gasteiger partial charge on any atom is 0.267 e. The average Bonchev–Trinajstić information content (AvgIpc) is 3.45. The van der Waals surface area contributed by atoms with E-state index in [4.69, 9.17) is 4.42 Å². The summed E-state index contributed by atoms with van der Waals surface area (Å²) in [6, 6.07) is 16.9. The number of hydrogen-bond donors (Lipinski definition) is 3. The number of fused-ring (bicyclic) bond motifs is 1. The van der Waals surface area contributed by atoms with E-state index >= 15 is 0 Å². The van der Waals surface area contributed by atoms with Crippen LogP contribution in [-0.4, -0.2) is 23.3 Å². The summed E-state index contributed by atoms with van der Waals surface area (Å²) in [5.74, 6) is -0.247. The Balaban J connectivity index is 1.46. The molecular weight excluding hydrogens is 402 g/mol. The molecule has 162 valence electrons. The second kappa shape index (κ2) is 9.39. The van der Waals surface area contributed by atoms with Crippen LogP contribution in [0.4, 0.5) is 0 Å². The van der Waals surface area contributed by atoms with Gasteiger partial charge >= 0.3 is 0 Å². The van der Waals surface area contributed by atoms with Crippen LogP contribution in [0.5, 0.6) is 0 Å². The fourth-order valence-corrected chi connectivity index (χ4v) is 3.50. The number of aromatic nitrogens is 1. The largest absolute Gasteiger partial charge is 0.465 e. The van der Waals surface area contributed by atoms with Crippen molar-refractivity contribution in [3.05, 3.63) is 101 Å². The molecular formula is C26H25N3O3. The molecule has 4 aromatic rings. The number of hydrogen-bond acceptors (Lipinski definition) is 3. The van der Waals surface area contributed by atoms with E-state index in [-0.39, 0.29) is 17.5 Å². The van der Waals surface area contributed by atoms with Gasteiger partial charge in [0.05, 0.1) is 6.26 Å². The Bertz CT molecular complexity index is 1280. The number of benzene rings is 2. The predicted octanol–water partition coefficient (Wildman–Crippen LogP) is 4.51. The summed E-state index contributed by atoms with van der Waals surface area (Å²) >= 11 is 0. The summed E-state index contributed by atoms with van der Waals surface area (Å²) in [6.45, 7) is 4.36. The van der Waals surface area contributed by atoms with Crippen LogP contribution in [0.1, 0.15) is 32.8 Å². The van der Waals surface area contributed by atoms with Gasteiger partial charge in [-0.2, -0.15) is 0 Å². The lowest BCUT2D eigenvalue weighted by atomic mass is 10.1. The van der Waals surface area contributed by atoms with E-state index in [1.54, 1.807) is 18.2 Å². The van der Waals surface area contributed by atoms with E-state index in [0.717, 1.165) is 27.6 Å². The average molecular weight is 428 g/mol. The van der Waals surface area contributed by atoms with Gasteiger partial charge in [-0.15, -0.1) is 0 Å². The smallest absolute Gasteiger partial charge is 0.267 e. The van der Waals surface area contributed by atoms with Gasteiger partial charge in [0.25, 0.3) is 11.8 Å². The van der Waals surface area contributed by atoms with Crippen LogP contribution in [0, 0.1) is 13.8 Å². The number of carbonyl (C=O) groups is 2. The normalized spacial score (nSPS) is 11.5. The summed E-state index contributed by atoms with van der Waals surface area (Å²) < 4.78 is 5.34. The standard InChI is InChI=1S/C26H25N3O3/c1-17-9-10-19(14-18(17)2)25(30)29-24(15-21-6-5-13-32-21)26(31)27-12-11-20-16-28-23-8-4-3-7-22(20)23/h3-10,13-16,28H,11-12H2,1-2H3,(H,27,31)(H,29,30)/b24-15-. The zero-order valence-corrected chi connectivity index (χ0v) is 18.1. The number of aromatic amines is 1. The third-order valence-electron chi connectivity index (χ3n) is 5.45. The molecule has 0 radical (unpaired) electrons. The molecule has 2 aromatic carbocycles. The van der Waals surface area contributed by atoms with Crippen molar-refractivity contribution in [1.29, 1.82) is 0 Å². The number of para-hydroxylation sites is 1. The maximum absolute atomic E-state index is 12.9. The van der Waals surface area contributed by atoms with Crippen molar-refractivity contribution in [2.24, 2.45) is 0 Å². The molecule has 6 nitrogen and oxygen atoms in total. The van der Waals surface area contributed by atoms with Crippen molar-refractivity contribution in [3.63, 3.8) is 0 Å². The van der Waals surface area contributed by atoms with Crippen molar-refractivity contribution in [2.75, 3.05) is 6.54 Å². The lowest BCUT2D eigenvalue weighted by molar-refractivity contribution is -0.117. The number of amides is 2. The Morgan fingerprint density at radius 1 is 1.03 bits per heavy atom. The first kappa shape index (κ1) is 21.2. The van der Waals surface area contributed by atoms with Crippen LogP contribution < -0.4 is 10.6 Å². The fourth-order valence-electron chi connectivity index (χ4n) is 3.50. The maximum atomic E-state index is 12.9. The van der Waals surface area contributed by atoms with Crippen molar-refractivity contribution in [2.45, 2.75) is 20.3 Å². The summed E-state index contributed by atoms with van der Waals surface area (Å²) in [7, 11) is 0. The third kappa shape index (κ3) is 4.81. The molecule has 0 unspecified atom stereocenters. The molecule has 2 heterocycles. The zero-order chi connectivity index (χ0) is 22.5. The van der Waals surface area contributed by atoms with Gasteiger partial charge in [-0.05, 0) is 67.3 Å². The van der Waals surface area contributed by atoms with Crippen molar-refractivity contribution in [3.8, 4) is 0 Å². The molecule has 0 bridgehead atoms. The number of H-pyrrole nitrogens is 1. The number of aryl methyl sites for hydroxylation is 2. The van der Waals surface area contributed by atoms with E-state index in [9.17, 15) is 9.59 Å². The second-order valence-corrected chi connectivity index (χ2v) is 7.69. The lowest BCUT2D eigenvalue weighted by Crippen LogP contribution is -2.35. The van der Waals surface area contributed by atoms with Gasteiger partial charge in [0.2, 0.25) is 0 Å². The van der Waals surface area contributed by atoms with Gasteiger partial charge in [-0.25, -0.2) is 0 Å². The van der Waals surface area contributed by atoms with E-state index in [0.29, 0.717) is 24.3 Å². The van der Waals surface area contributed by atoms with Crippen molar-refractivity contribution < 1.29 is 14.0 Å². The Morgan fingerprint density at radius 2 is 1.88 bits per heavy atom. The molecule has 3 N–H and O–H groups in total. The van der Waals surface area contributed by atoms with Gasteiger partial charge in [0, 0.05) is 35.3 Å². The monoisotopic (exact) mass is 427 g/mol. The highest BCUT2D eigenvalue weighted by molar-refractivity contribution is 6.05. The molecule has 4 rings (SSSR count). The molecule has 2 aromatic heterocycles. The van der Waals surface area contributed by atoms with Gasteiger partial charge in [0.15, 0.2) is 0 Å². The number of rotatable bonds is 7. The van der Waals surface area contributed by atoms with Crippen molar-refractivity contribution in [1.82, 2.24) is 15.6 Å². The molecule has 0 fully saturated rings. The minimum absolute atomic E-state index is 0.127. The fraction of sp³-hybridized carbons (Fsp3) is 0.154. The first-order chi connectivity index (χ1) is 15.5. The van der Waals surface area contributed by atoms with Crippen LogP contribution in [-0.2, 0) is 11.2 Å². The van der Waals surface area contributed by atoms with Crippen LogP contribution in [0.2, 0.25) is 0 Å². The third-order valence-corrected chi connectivity index (χ3v) is 5.45. The van der Waals surface area contributed by atoms with Gasteiger partial charge in [-0.3, -0.25) is 9.59 Å². The summed E-state index contributed by atoms with van der Waals surface area (Å²) in [5.41, 5.74) is 4.91. The quantitative estimate of drug-likeness (QED) is 0.379. The number of carbonyl (C=O) groups excluding carboxylic acids is 2. The highest BCUT2D eigenvalue weighted by atomic mass is 16.3. The molecule has 0 aliphatic carbocycles. The SMILES string of the molecule is Cc1ccc(C(=O)N/C(=C\c2ccco2)C(=O)NCCc2c[nH]c3ccccc23)cc1C. The molecule has 32 heavy (non-hydrogen) atoms. The van der Waals surface area contributed by atoms with Gasteiger partial charge < -0.3 is 20.0 Å². The van der Waals surface area contributed by atoms with Crippen LogP contribution >= 0.6 is 0 Å². The molecule has 0 saturated heterocycles. The Morgan fingerprint density at radius 3 is 2.66 bits per heavy atom.